The van der Waals surface area contributed by atoms with Crippen LogP contribution < -0.4 is 10.6 Å². The van der Waals surface area contributed by atoms with Gasteiger partial charge in [0.05, 0.1) is 5.01 Å². The van der Waals surface area contributed by atoms with Gasteiger partial charge in [-0.05, 0) is 26.7 Å². The molecule has 0 aliphatic heterocycles. The van der Waals surface area contributed by atoms with Crippen LogP contribution in [0, 0.1) is 6.92 Å². The van der Waals surface area contributed by atoms with Gasteiger partial charge in [-0.3, -0.25) is 0 Å². The van der Waals surface area contributed by atoms with E-state index in [4.69, 9.17) is 5.11 Å². The Morgan fingerprint density at radius 3 is 3.00 bits per heavy atom. The number of nitrogens with one attached hydrogen (secondary N) is 2. The molecule has 1 heterocycles. The molecule has 0 fully saturated rings. The molecular formula is C12H21N3O2S. The molecule has 18 heavy (non-hydrogen) atoms. The number of nitrogens with zero attached hydrogens (tertiary/aromatic N) is 1. The van der Waals surface area contributed by atoms with Crippen molar-refractivity contribution in [1.29, 1.82) is 0 Å². The number of hydrogen-bond acceptors (Lipinski definition) is 4. The highest BCUT2D eigenvalue weighted by molar-refractivity contribution is 7.09. The Hall–Kier alpha value is -1.14. The maximum absolute atomic E-state index is 11.4. The van der Waals surface area contributed by atoms with Gasteiger partial charge in [0.2, 0.25) is 0 Å². The van der Waals surface area contributed by atoms with Gasteiger partial charge in [-0.25, -0.2) is 9.78 Å². The van der Waals surface area contributed by atoms with Crippen LogP contribution in [0.15, 0.2) is 5.38 Å². The molecule has 0 aromatic carbocycles. The third-order valence-corrected chi connectivity index (χ3v) is 3.49. The van der Waals surface area contributed by atoms with Crippen molar-refractivity contribution < 1.29 is 9.90 Å². The second-order valence-corrected chi connectivity index (χ2v) is 5.24. The summed E-state index contributed by atoms with van der Waals surface area (Å²) in [5.41, 5.74) is 1.05. The van der Waals surface area contributed by atoms with E-state index < -0.39 is 0 Å². The number of thiazole rings is 1. The lowest BCUT2D eigenvalue weighted by atomic mass is 10.2. The quantitative estimate of drug-likeness (QED) is 0.657. The molecule has 3 N–H and O–H groups in total. The largest absolute Gasteiger partial charge is 0.396 e. The van der Waals surface area contributed by atoms with Crippen LogP contribution in [-0.4, -0.2) is 35.3 Å². The van der Waals surface area contributed by atoms with Gasteiger partial charge in [0.25, 0.3) is 0 Å². The zero-order valence-electron chi connectivity index (χ0n) is 10.9. The fourth-order valence-corrected chi connectivity index (χ4v) is 2.32. The predicted molar refractivity (Wildman–Crippen MR) is 72.9 cm³/mol. The fraction of sp³-hybridized carbons (Fsp3) is 0.667. The number of hydrogen-bond donors (Lipinski definition) is 3. The second-order valence-electron chi connectivity index (χ2n) is 4.30. The highest BCUT2D eigenvalue weighted by Crippen LogP contribution is 2.10. The lowest BCUT2D eigenvalue weighted by Crippen LogP contribution is -2.41. The molecular weight excluding hydrogens is 250 g/mol. The number of carbonyl (C=O) groups excluding carboxylic acids is 1. The Labute approximate surface area is 112 Å². The Bertz CT molecular complexity index is 368. The summed E-state index contributed by atoms with van der Waals surface area (Å²) < 4.78 is 0. The van der Waals surface area contributed by atoms with Gasteiger partial charge in [0.15, 0.2) is 0 Å². The van der Waals surface area contributed by atoms with Gasteiger partial charge in [0.1, 0.15) is 0 Å². The topological polar surface area (TPSA) is 74.2 Å². The number of rotatable bonds is 7. The summed E-state index contributed by atoms with van der Waals surface area (Å²) in [6.07, 6.45) is 2.35. The maximum Gasteiger partial charge on any atom is 0.314 e. The van der Waals surface area contributed by atoms with Crippen molar-refractivity contribution in [2.24, 2.45) is 0 Å². The predicted octanol–water partition coefficient (Wildman–Crippen LogP) is 1.45. The van der Waals surface area contributed by atoms with Crippen LogP contribution in [0.4, 0.5) is 4.79 Å². The standard InChI is InChI=1S/C12H21N3O2S/c1-9(5-7-16)15-12(17)13-6-3-4-11-14-10(2)8-18-11/h8-9,16H,3-7H2,1-2H3,(H2,13,15,17)/t9-/m1/s1. The average molecular weight is 271 g/mol. The van der Waals surface area contributed by atoms with Crippen LogP contribution in [0.25, 0.3) is 0 Å². The first-order valence-corrected chi connectivity index (χ1v) is 7.06. The highest BCUT2D eigenvalue weighted by atomic mass is 32.1. The Balaban J connectivity index is 2.08. The van der Waals surface area contributed by atoms with Crippen molar-refractivity contribution in [2.75, 3.05) is 13.2 Å². The van der Waals surface area contributed by atoms with E-state index in [9.17, 15) is 4.79 Å². The van der Waals surface area contributed by atoms with Crippen LogP contribution in [0.3, 0.4) is 0 Å². The van der Waals surface area contributed by atoms with Crippen molar-refractivity contribution in [3.63, 3.8) is 0 Å². The van der Waals surface area contributed by atoms with Gasteiger partial charge in [0, 0.05) is 36.7 Å². The summed E-state index contributed by atoms with van der Waals surface area (Å²) in [6, 6.07) is -0.178. The number of aryl methyl sites for hydroxylation is 2. The number of urea groups is 1. The van der Waals surface area contributed by atoms with Crippen molar-refractivity contribution in [3.8, 4) is 0 Å². The molecule has 0 saturated carbocycles. The first-order valence-electron chi connectivity index (χ1n) is 6.18. The number of aliphatic hydroxyl groups excluding tert-OH is 1. The van der Waals surface area contributed by atoms with E-state index in [0.717, 1.165) is 23.5 Å². The molecule has 0 spiro atoms. The molecule has 0 aliphatic carbocycles. The highest BCUT2D eigenvalue weighted by Gasteiger charge is 2.05. The Morgan fingerprint density at radius 2 is 2.39 bits per heavy atom. The van der Waals surface area contributed by atoms with Crippen molar-refractivity contribution in [3.05, 3.63) is 16.1 Å². The van der Waals surface area contributed by atoms with Gasteiger partial charge in [-0.1, -0.05) is 0 Å². The van der Waals surface area contributed by atoms with Gasteiger partial charge in [-0.2, -0.15) is 0 Å². The van der Waals surface area contributed by atoms with Crippen LogP contribution in [0.1, 0.15) is 30.5 Å². The molecule has 0 unspecified atom stereocenters. The van der Waals surface area contributed by atoms with E-state index in [1.807, 2.05) is 19.2 Å². The molecule has 1 atom stereocenters. The van der Waals surface area contributed by atoms with Gasteiger partial charge >= 0.3 is 6.03 Å². The second kappa shape index (κ2) is 8.05. The monoisotopic (exact) mass is 271 g/mol. The lowest BCUT2D eigenvalue weighted by Gasteiger charge is -2.13. The van der Waals surface area contributed by atoms with Crippen molar-refractivity contribution in [2.45, 2.75) is 39.2 Å². The third kappa shape index (κ3) is 5.97. The van der Waals surface area contributed by atoms with Gasteiger partial charge in [-0.15, -0.1) is 11.3 Å². The molecule has 0 aliphatic rings. The van der Waals surface area contributed by atoms with Crippen molar-refractivity contribution >= 4 is 17.4 Å². The summed E-state index contributed by atoms with van der Waals surface area (Å²) in [5.74, 6) is 0. The minimum absolute atomic E-state index is 0.00314. The van der Waals surface area contributed by atoms with E-state index >= 15 is 0 Å². The molecule has 102 valence electrons. The SMILES string of the molecule is Cc1csc(CCCNC(=O)N[C@H](C)CCO)n1. The molecule has 0 saturated heterocycles. The molecule has 1 aromatic heterocycles. The number of carbonyl (C=O) groups is 1. The summed E-state index contributed by atoms with van der Waals surface area (Å²) in [7, 11) is 0. The fourth-order valence-electron chi connectivity index (χ4n) is 1.50. The third-order valence-electron chi connectivity index (χ3n) is 2.46. The lowest BCUT2D eigenvalue weighted by molar-refractivity contribution is 0.231. The molecule has 0 bridgehead atoms. The molecule has 0 radical (unpaired) electrons. The minimum Gasteiger partial charge on any atom is -0.396 e. The van der Waals surface area contributed by atoms with Crippen LogP contribution in [0.2, 0.25) is 0 Å². The van der Waals surface area contributed by atoms with Gasteiger partial charge < -0.3 is 15.7 Å². The summed E-state index contributed by atoms with van der Waals surface area (Å²) in [5, 5.41) is 17.4. The van der Waals surface area contributed by atoms with Crippen molar-refractivity contribution in [1.82, 2.24) is 15.6 Å². The summed E-state index contributed by atoms with van der Waals surface area (Å²) >= 11 is 1.66. The smallest absolute Gasteiger partial charge is 0.314 e. The molecule has 5 nitrogen and oxygen atoms in total. The number of aromatic nitrogens is 1. The molecule has 6 heteroatoms. The van der Waals surface area contributed by atoms with Crippen LogP contribution in [0.5, 0.6) is 0 Å². The van der Waals surface area contributed by atoms with E-state index in [1.54, 1.807) is 11.3 Å². The summed E-state index contributed by atoms with van der Waals surface area (Å²) in [6.45, 7) is 4.57. The first kappa shape index (κ1) is 14.9. The Kier molecular flexibility index (Phi) is 6.67. The van der Waals surface area contributed by atoms with Crippen LogP contribution >= 0.6 is 11.3 Å². The zero-order chi connectivity index (χ0) is 13.4. The molecule has 2 amide bonds. The number of aliphatic hydroxyl groups is 1. The van der Waals surface area contributed by atoms with E-state index in [2.05, 4.69) is 15.6 Å². The molecule has 1 rings (SSSR count). The Morgan fingerprint density at radius 1 is 1.61 bits per heavy atom. The van der Waals surface area contributed by atoms with E-state index in [1.165, 1.54) is 0 Å². The zero-order valence-corrected chi connectivity index (χ0v) is 11.7. The number of amides is 2. The minimum atomic E-state index is -0.175. The van der Waals surface area contributed by atoms with E-state index in [0.29, 0.717) is 13.0 Å². The summed E-state index contributed by atoms with van der Waals surface area (Å²) in [4.78, 5) is 15.8. The first-order chi connectivity index (χ1) is 8.61. The van der Waals surface area contributed by atoms with E-state index in [-0.39, 0.29) is 18.7 Å². The maximum atomic E-state index is 11.4. The van der Waals surface area contributed by atoms with Crippen LogP contribution in [-0.2, 0) is 6.42 Å². The normalized spacial score (nSPS) is 12.2. The molecule has 1 aromatic rings. The average Bonchev–Trinajstić information content (AvgIpc) is 2.71.